The topological polar surface area (TPSA) is 63.7 Å². The number of amides is 2. The molecule has 2 heterocycles. The number of rotatable bonds is 5. The van der Waals surface area contributed by atoms with Crippen molar-refractivity contribution in [1.82, 2.24) is 15.2 Å². The normalized spacial score (nSPS) is 14.5. The number of benzene rings is 1. The average molecular weight is 347 g/mol. The Hall–Kier alpha value is -2.12. The van der Waals surface area contributed by atoms with E-state index in [1.165, 1.54) is 0 Å². The highest BCUT2D eigenvalue weighted by atomic mass is 32.1. The number of carbonyl (C=O) groups excluding carboxylic acids is 1. The fourth-order valence-electron chi connectivity index (χ4n) is 2.49. The van der Waals surface area contributed by atoms with E-state index < -0.39 is 0 Å². The second-order valence-corrected chi connectivity index (χ2v) is 6.32. The highest BCUT2D eigenvalue weighted by Crippen LogP contribution is 2.26. The Kier molecular flexibility index (Phi) is 5.66. The van der Waals surface area contributed by atoms with Gasteiger partial charge in [-0.15, -0.1) is 11.3 Å². The standard InChI is InChI=1S/C17H21N3O3S/c1-22-15-4-2-3-13(11-15)16-19-14(12-24-16)5-6-18-17(21)20-7-9-23-10-8-20/h2-4,11-12H,5-10H2,1H3,(H,18,21). The molecule has 2 amide bonds. The van der Waals surface area contributed by atoms with Gasteiger partial charge in [0.2, 0.25) is 0 Å². The molecule has 0 bridgehead atoms. The molecule has 1 aliphatic rings. The van der Waals surface area contributed by atoms with Gasteiger partial charge in [0.05, 0.1) is 26.0 Å². The smallest absolute Gasteiger partial charge is 0.317 e. The first-order valence-corrected chi connectivity index (χ1v) is 8.83. The van der Waals surface area contributed by atoms with Crippen LogP contribution in [0.2, 0.25) is 0 Å². The predicted octanol–water partition coefficient (Wildman–Crippen LogP) is 2.40. The average Bonchev–Trinajstić information content (AvgIpc) is 3.11. The van der Waals surface area contributed by atoms with Crippen molar-refractivity contribution in [2.45, 2.75) is 6.42 Å². The maximum Gasteiger partial charge on any atom is 0.317 e. The molecule has 1 N–H and O–H groups in total. The fraction of sp³-hybridized carbons (Fsp3) is 0.412. The zero-order chi connectivity index (χ0) is 16.8. The summed E-state index contributed by atoms with van der Waals surface area (Å²) in [6.07, 6.45) is 0.719. The van der Waals surface area contributed by atoms with Crippen LogP contribution in [0.15, 0.2) is 29.6 Å². The third kappa shape index (κ3) is 4.24. The lowest BCUT2D eigenvalue weighted by atomic mass is 10.2. The minimum atomic E-state index is -0.0263. The molecule has 0 aliphatic carbocycles. The zero-order valence-electron chi connectivity index (χ0n) is 13.7. The van der Waals surface area contributed by atoms with Crippen molar-refractivity contribution in [3.63, 3.8) is 0 Å². The molecule has 1 fully saturated rings. The van der Waals surface area contributed by atoms with Crippen molar-refractivity contribution < 1.29 is 14.3 Å². The lowest BCUT2D eigenvalue weighted by Crippen LogP contribution is -2.46. The molecule has 1 aliphatic heterocycles. The molecule has 6 nitrogen and oxygen atoms in total. The number of ether oxygens (including phenoxy) is 2. The van der Waals surface area contributed by atoms with Crippen LogP contribution in [0.1, 0.15) is 5.69 Å². The van der Waals surface area contributed by atoms with Gasteiger partial charge in [0, 0.05) is 37.0 Å². The molecule has 0 saturated carbocycles. The largest absolute Gasteiger partial charge is 0.497 e. The molecule has 0 unspecified atom stereocenters. The summed E-state index contributed by atoms with van der Waals surface area (Å²) in [7, 11) is 1.66. The summed E-state index contributed by atoms with van der Waals surface area (Å²) >= 11 is 1.60. The Morgan fingerprint density at radius 2 is 2.25 bits per heavy atom. The molecular weight excluding hydrogens is 326 g/mol. The van der Waals surface area contributed by atoms with Gasteiger partial charge in [0.1, 0.15) is 10.8 Å². The van der Waals surface area contributed by atoms with Gasteiger partial charge in [-0.05, 0) is 12.1 Å². The van der Waals surface area contributed by atoms with Crippen LogP contribution in [-0.4, -0.2) is 55.9 Å². The number of aromatic nitrogens is 1. The van der Waals surface area contributed by atoms with Crippen molar-refractivity contribution in [1.29, 1.82) is 0 Å². The molecule has 0 atom stereocenters. The summed E-state index contributed by atoms with van der Waals surface area (Å²) in [5.74, 6) is 0.821. The quantitative estimate of drug-likeness (QED) is 0.902. The van der Waals surface area contributed by atoms with Crippen molar-refractivity contribution in [3.8, 4) is 16.3 Å². The second kappa shape index (κ2) is 8.12. The van der Waals surface area contributed by atoms with E-state index in [4.69, 9.17) is 9.47 Å². The maximum atomic E-state index is 12.0. The Bertz CT molecular complexity index is 683. The SMILES string of the molecule is COc1cccc(-c2nc(CCNC(=O)N3CCOCC3)cs2)c1. The highest BCUT2D eigenvalue weighted by Gasteiger charge is 2.16. The van der Waals surface area contributed by atoms with Gasteiger partial charge in [0.25, 0.3) is 0 Å². The molecule has 7 heteroatoms. The number of nitrogens with zero attached hydrogens (tertiary/aromatic N) is 2. The first kappa shape index (κ1) is 16.7. The van der Waals surface area contributed by atoms with E-state index >= 15 is 0 Å². The predicted molar refractivity (Wildman–Crippen MR) is 93.6 cm³/mol. The summed E-state index contributed by atoms with van der Waals surface area (Å²) < 4.78 is 10.5. The van der Waals surface area contributed by atoms with Crippen molar-refractivity contribution in [2.75, 3.05) is 40.0 Å². The number of morpholine rings is 1. The molecule has 0 spiro atoms. The number of carbonyl (C=O) groups is 1. The van der Waals surface area contributed by atoms with Gasteiger partial charge in [0.15, 0.2) is 0 Å². The monoisotopic (exact) mass is 347 g/mol. The summed E-state index contributed by atoms with van der Waals surface area (Å²) in [5.41, 5.74) is 2.03. The molecule has 2 aromatic rings. The number of methoxy groups -OCH3 is 1. The van der Waals surface area contributed by atoms with Crippen molar-refractivity contribution in [3.05, 3.63) is 35.3 Å². The maximum absolute atomic E-state index is 12.0. The van der Waals surface area contributed by atoms with E-state index in [-0.39, 0.29) is 6.03 Å². The molecule has 24 heavy (non-hydrogen) atoms. The Labute approximate surface area is 145 Å². The van der Waals surface area contributed by atoms with E-state index in [2.05, 4.69) is 10.3 Å². The van der Waals surface area contributed by atoms with Crippen LogP contribution in [0.25, 0.3) is 10.6 Å². The van der Waals surface area contributed by atoms with Gasteiger partial charge in [-0.25, -0.2) is 9.78 Å². The minimum Gasteiger partial charge on any atom is -0.497 e. The van der Waals surface area contributed by atoms with Crippen LogP contribution in [0.5, 0.6) is 5.75 Å². The van der Waals surface area contributed by atoms with Gasteiger partial charge in [-0.3, -0.25) is 0 Å². The minimum absolute atomic E-state index is 0.0263. The van der Waals surface area contributed by atoms with Crippen LogP contribution in [0, 0.1) is 0 Å². The van der Waals surface area contributed by atoms with E-state index in [1.54, 1.807) is 23.3 Å². The van der Waals surface area contributed by atoms with Crippen molar-refractivity contribution >= 4 is 17.4 Å². The first-order chi connectivity index (χ1) is 11.8. The lowest BCUT2D eigenvalue weighted by molar-refractivity contribution is 0.0533. The number of nitrogens with one attached hydrogen (secondary N) is 1. The third-order valence-corrected chi connectivity index (χ3v) is 4.76. The van der Waals surface area contributed by atoms with Crippen LogP contribution in [-0.2, 0) is 11.2 Å². The summed E-state index contributed by atoms with van der Waals surface area (Å²) in [4.78, 5) is 18.4. The Balaban J connectivity index is 1.51. The van der Waals surface area contributed by atoms with Gasteiger partial charge < -0.3 is 19.7 Å². The molecule has 0 radical (unpaired) electrons. The second-order valence-electron chi connectivity index (χ2n) is 5.46. The van der Waals surface area contributed by atoms with Gasteiger partial charge in [-0.1, -0.05) is 12.1 Å². The lowest BCUT2D eigenvalue weighted by Gasteiger charge is -2.26. The van der Waals surface area contributed by atoms with Gasteiger partial charge >= 0.3 is 6.03 Å². The number of urea groups is 1. The Morgan fingerprint density at radius 3 is 3.04 bits per heavy atom. The third-order valence-electron chi connectivity index (χ3n) is 3.82. The van der Waals surface area contributed by atoms with Crippen LogP contribution in [0.3, 0.4) is 0 Å². The highest BCUT2D eigenvalue weighted by molar-refractivity contribution is 7.13. The van der Waals surface area contributed by atoms with E-state index in [1.807, 2.05) is 29.6 Å². The molecular formula is C17H21N3O3S. The number of thiazole rings is 1. The zero-order valence-corrected chi connectivity index (χ0v) is 14.5. The van der Waals surface area contributed by atoms with Gasteiger partial charge in [-0.2, -0.15) is 0 Å². The molecule has 1 saturated heterocycles. The molecule has 3 rings (SSSR count). The van der Waals surface area contributed by atoms with Crippen molar-refractivity contribution in [2.24, 2.45) is 0 Å². The molecule has 1 aromatic carbocycles. The number of hydrogen-bond acceptors (Lipinski definition) is 5. The van der Waals surface area contributed by atoms with Crippen LogP contribution >= 0.6 is 11.3 Å². The van der Waals surface area contributed by atoms with E-state index in [0.29, 0.717) is 32.8 Å². The summed E-state index contributed by atoms with van der Waals surface area (Å²) in [6, 6.07) is 7.84. The van der Waals surface area contributed by atoms with Crippen LogP contribution < -0.4 is 10.1 Å². The number of hydrogen-bond donors (Lipinski definition) is 1. The fourth-order valence-corrected chi connectivity index (χ4v) is 3.34. The first-order valence-electron chi connectivity index (χ1n) is 7.95. The van der Waals surface area contributed by atoms with E-state index in [9.17, 15) is 4.79 Å². The Morgan fingerprint density at radius 1 is 1.42 bits per heavy atom. The molecule has 1 aromatic heterocycles. The van der Waals surface area contributed by atoms with E-state index in [0.717, 1.165) is 28.4 Å². The summed E-state index contributed by atoms with van der Waals surface area (Å²) in [5, 5.41) is 5.94. The molecule has 128 valence electrons. The summed E-state index contributed by atoms with van der Waals surface area (Å²) in [6.45, 7) is 3.12. The van der Waals surface area contributed by atoms with Crippen LogP contribution in [0.4, 0.5) is 4.79 Å².